The molecule has 0 bridgehead atoms. The predicted molar refractivity (Wildman–Crippen MR) is 95.9 cm³/mol. The summed E-state index contributed by atoms with van der Waals surface area (Å²) in [6.07, 6.45) is 5.97. The van der Waals surface area contributed by atoms with Gasteiger partial charge >= 0.3 is 0 Å². The Bertz CT molecular complexity index is 808. The van der Waals surface area contributed by atoms with Crippen molar-refractivity contribution in [3.8, 4) is 5.75 Å². The van der Waals surface area contributed by atoms with Crippen LogP contribution in [0.5, 0.6) is 5.75 Å². The van der Waals surface area contributed by atoms with Gasteiger partial charge in [-0.2, -0.15) is 4.31 Å². The van der Waals surface area contributed by atoms with E-state index in [4.69, 9.17) is 0 Å². The molecule has 1 aromatic heterocycles. The van der Waals surface area contributed by atoms with Crippen molar-refractivity contribution in [1.82, 2.24) is 13.9 Å². The van der Waals surface area contributed by atoms with Crippen LogP contribution in [0.25, 0.3) is 0 Å². The zero-order valence-electron chi connectivity index (χ0n) is 14.7. The quantitative estimate of drug-likeness (QED) is 0.886. The van der Waals surface area contributed by atoms with E-state index >= 15 is 0 Å². The molecule has 2 heterocycles. The molecule has 0 unspecified atom stereocenters. The number of phenolic OH excluding ortho intramolecular Hbond substituents is 1. The smallest absolute Gasteiger partial charge is 0.262 e. The number of nitrogens with zero attached hydrogens (tertiary/aromatic N) is 3. The van der Waals surface area contributed by atoms with Crippen LogP contribution in [0, 0.1) is 6.92 Å². The molecule has 1 N–H and O–H groups in total. The van der Waals surface area contributed by atoms with Gasteiger partial charge in [-0.25, -0.2) is 13.4 Å². The van der Waals surface area contributed by atoms with E-state index in [2.05, 4.69) is 4.98 Å². The minimum absolute atomic E-state index is 0.00475. The molecule has 0 aliphatic carbocycles. The van der Waals surface area contributed by atoms with Gasteiger partial charge in [-0.1, -0.05) is 18.6 Å². The fraction of sp³-hybridized carbons (Fsp3) is 0.500. The minimum atomic E-state index is -3.56. The Morgan fingerprint density at radius 3 is 2.60 bits per heavy atom. The van der Waals surface area contributed by atoms with Crippen LogP contribution in [-0.4, -0.2) is 40.0 Å². The highest BCUT2D eigenvalue weighted by atomic mass is 32.2. The van der Waals surface area contributed by atoms with Gasteiger partial charge in [0, 0.05) is 25.8 Å². The highest BCUT2D eigenvalue weighted by molar-refractivity contribution is 7.89. The minimum Gasteiger partial charge on any atom is -0.508 e. The number of phenols is 1. The van der Waals surface area contributed by atoms with Crippen LogP contribution < -0.4 is 0 Å². The van der Waals surface area contributed by atoms with Gasteiger partial charge in [0.15, 0.2) is 5.03 Å². The molecular formula is C18H25N3O3S. The second-order valence-electron chi connectivity index (χ2n) is 6.71. The third-order valence-corrected chi connectivity index (χ3v) is 6.76. The van der Waals surface area contributed by atoms with Crippen molar-refractivity contribution in [1.29, 1.82) is 0 Å². The lowest BCUT2D eigenvalue weighted by Crippen LogP contribution is -2.44. The maximum atomic E-state index is 13.0. The molecule has 6 nitrogen and oxygen atoms in total. The number of hydrogen-bond donors (Lipinski definition) is 1. The fourth-order valence-corrected chi connectivity index (χ4v) is 5.10. The number of piperidine rings is 1. The van der Waals surface area contributed by atoms with Crippen LogP contribution >= 0.6 is 0 Å². The van der Waals surface area contributed by atoms with Crippen LogP contribution in [-0.2, 0) is 23.5 Å². The Kier molecular flexibility index (Phi) is 5.15. The Balaban J connectivity index is 1.77. The van der Waals surface area contributed by atoms with Gasteiger partial charge in [0.2, 0.25) is 0 Å². The van der Waals surface area contributed by atoms with Crippen LogP contribution in [0.15, 0.2) is 35.5 Å². The Labute approximate surface area is 149 Å². The van der Waals surface area contributed by atoms with Gasteiger partial charge in [0.1, 0.15) is 11.6 Å². The van der Waals surface area contributed by atoms with Crippen LogP contribution in [0.3, 0.4) is 0 Å². The first-order valence-corrected chi connectivity index (χ1v) is 10.1. The van der Waals surface area contributed by atoms with Crippen LogP contribution in [0.2, 0.25) is 0 Å². The standard InChI is InChI=1S/C18H25N3O3S/c1-14-19-18(13-20(14)2)25(23,24)21-12-4-3-5-16(21)9-6-15-7-10-17(22)11-8-15/h7-8,10-11,13,16,22H,3-6,9,12H2,1-2H3/t16-/m0/s1. The highest BCUT2D eigenvalue weighted by Crippen LogP contribution is 2.27. The molecule has 0 amide bonds. The third-order valence-electron chi connectivity index (χ3n) is 4.94. The van der Waals surface area contributed by atoms with Crippen molar-refractivity contribution in [3.05, 3.63) is 41.9 Å². The molecule has 2 aromatic rings. The maximum absolute atomic E-state index is 13.0. The zero-order chi connectivity index (χ0) is 18.0. The van der Waals surface area contributed by atoms with E-state index in [1.54, 1.807) is 41.2 Å². The number of aromatic hydroxyl groups is 1. The molecule has 1 fully saturated rings. The topological polar surface area (TPSA) is 75.4 Å². The summed E-state index contributed by atoms with van der Waals surface area (Å²) in [5, 5.41) is 9.52. The average molecular weight is 363 g/mol. The highest BCUT2D eigenvalue weighted by Gasteiger charge is 2.34. The molecule has 3 rings (SSSR count). The lowest BCUT2D eigenvalue weighted by molar-refractivity contribution is 0.240. The first-order chi connectivity index (χ1) is 11.9. The fourth-order valence-electron chi connectivity index (χ4n) is 3.35. The number of sulfonamides is 1. The first kappa shape index (κ1) is 17.9. The molecule has 0 spiro atoms. The van der Waals surface area contributed by atoms with E-state index in [1.807, 2.05) is 12.1 Å². The SMILES string of the molecule is Cc1nc(S(=O)(=O)N2CCCC[C@H]2CCc2ccc(O)cc2)cn1C. The zero-order valence-corrected chi connectivity index (χ0v) is 15.5. The molecule has 25 heavy (non-hydrogen) atoms. The van der Waals surface area contributed by atoms with E-state index in [0.717, 1.165) is 37.7 Å². The molecule has 1 aliphatic heterocycles. The monoisotopic (exact) mass is 363 g/mol. The number of hydrogen-bond acceptors (Lipinski definition) is 4. The van der Waals surface area contributed by atoms with Gasteiger partial charge in [-0.15, -0.1) is 0 Å². The van der Waals surface area contributed by atoms with Crippen molar-refractivity contribution < 1.29 is 13.5 Å². The summed E-state index contributed by atoms with van der Waals surface area (Å²) in [5.74, 6) is 0.937. The molecule has 0 saturated carbocycles. The van der Waals surface area contributed by atoms with E-state index in [0.29, 0.717) is 12.4 Å². The molecule has 1 aliphatic rings. The van der Waals surface area contributed by atoms with Crippen molar-refractivity contribution >= 4 is 10.0 Å². The van der Waals surface area contributed by atoms with E-state index in [-0.39, 0.29) is 16.8 Å². The summed E-state index contributed by atoms with van der Waals surface area (Å²) in [4.78, 5) is 4.23. The van der Waals surface area contributed by atoms with Crippen molar-refractivity contribution in [2.75, 3.05) is 6.54 Å². The summed E-state index contributed by atoms with van der Waals surface area (Å²) in [6, 6.07) is 7.11. The van der Waals surface area contributed by atoms with Crippen molar-refractivity contribution in [2.24, 2.45) is 7.05 Å². The Hall–Kier alpha value is -1.86. The van der Waals surface area contributed by atoms with Crippen molar-refractivity contribution in [3.63, 3.8) is 0 Å². The molecule has 1 aromatic carbocycles. The Morgan fingerprint density at radius 1 is 1.24 bits per heavy atom. The maximum Gasteiger partial charge on any atom is 0.262 e. The molecular weight excluding hydrogens is 338 g/mol. The van der Waals surface area contributed by atoms with Crippen LogP contribution in [0.4, 0.5) is 0 Å². The van der Waals surface area contributed by atoms with E-state index < -0.39 is 10.0 Å². The summed E-state index contributed by atoms with van der Waals surface area (Å²) < 4.78 is 29.4. The third kappa shape index (κ3) is 3.88. The number of imidazole rings is 1. The summed E-state index contributed by atoms with van der Waals surface area (Å²) >= 11 is 0. The van der Waals surface area contributed by atoms with E-state index in [9.17, 15) is 13.5 Å². The average Bonchev–Trinajstić information content (AvgIpc) is 2.94. The lowest BCUT2D eigenvalue weighted by Gasteiger charge is -2.34. The second kappa shape index (κ2) is 7.17. The molecule has 136 valence electrons. The van der Waals surface area contributed by atoms with Crippen molar-refractivity contribution in [2.45, 2.75) is 50.1 Å². The largest absolute Gasteiger partial charge is 0.508 e. The molecule has 1 atom stereocenters. The Morgan fingerprint density at radius 2 is 1.96 bits per heavy atom. The number of benzene rings is 1. The summed E-state index contributed by atoms with van der Waals surface area (Å²) in [5.41, 5.74) is 1.11. The summed E-state index contributed by atoms with van der Waals surface area (Å²) in [7, 11) is -1.76. The normalized spacial score (nSPS) is 19.2. The number of aromatic nitrogens is 2. The van der Waals surface area contributed by atoms with Gasteiger partial charge in [0.05, 0.1) is 0 Å². The molecule has 0 radical (unpaired) electrons. The first-order valence-electron chi connectivity index (χ1n) is 8.67. The second-order valence-corrected chi connectivity index (χ2v) is 8.55. The molecule has 7 heteroatoms. The van der Waals surface area contributed by atoms with Gasteiger partial charge in [-0.3, -0.25) is 0 Å². The number of rotatable bonds is 5. The summed E-state index contributed by atoms with van der Waals surface area (Å²) in [6.45, 7) is 2.36. The molecule has 1 saturated heterocycles. The number of aryl methyl sites for hydroxylation is 3. The van der Waals surface area contributed by atoms with Gasteiger partial charge in [0.25, 0.3) is 10.0 Å². The predicted octanol–water partition coefficient (Wildman–Crippen LogP) is 2.61. The van der Waals surface area contributed by atoms with E-state index in [1.165, 1.54) is 0 Å². The lowest BCUT2D eigenvalue weighted by atomic mass is 9.98. The van der Waals surface area contributed by atoms with Gasteiger partial charge < -0.3 is 9.67 Å². The van der Waals surface area contributed by atoms with Gasteiger partial charge in [-0.05, 0) is 50.3 Å². The van der Waals surface area contributed by atoms with Crippen LogP contribution in [0.1, 0.15) is 37.1 Å².